The molecule has 0 unspecified atom stereocenters. The van der Waals surface area contributed by atoms with E-state index in [1.807, 2.05) is 35.7 Å². The first-order valence-corrected chi connectivity index (χ1v) is 10.5. The fraction of sp³-hybridized carbons (Fsp3) is 0.217. The van der Waals surface area contributed by atoms with Gasteiger partial charge in [-0.3, -0.25) is 4.79 Å². The third-order valence-electron chi connectivity index (χ3n) is 4.96. The molecule has 0 amide bonds. The quantitative estimate of drug-likeness (QED) is 0.457. The Bertz CT molecular complexity index is 1170. The van der Waals surface area contributed by atoms with Crippen LogP contribution in [0.4, 0.5) is 4.39 Å². The molecule has 2 aromatic carbocycles. The molecule has 0 aliphatic heterocycles. The van der Waals surface area contributed by atoms with E-state index in [0.29, 0.717) is 23.7 Å². The van der Waals surface area contributed by atoms with Crippen LogP contribution in [0.25, 0.3) is 21.3 Å². The second-order valence-corrected chi connectivity index (χ2v) is 8.22. The van der Waals surface area contributed by atoms with E-state index in [1.54, 1.807) is 12.1 Å². The molecule has 2 N–H and O–H groups in total. The predicted octanol–water partition coefficient (Wildman–Crippen LogP) is 5.28. The van der Waals surface area contributed by atoms with Crippen molar-refractivity contribution in [1.82, 2.24) is 15.3 Å². The van der Waals surface area contributed by atoms with Gasteiger partial charge < -0.3 is 10.3 Å². The molecule has 0 fully saturated rings. The van der Waals surface area contributed by atoms with Crippen molar-refractivity contribution in [3.63, 3.8) is 0 Å². The number of hydrogen-bond acceptors (Lipinski definition) is 4. The van der Waals surface area contributed by atoms with Crippen molar-refractivity contribution in [2.24, 2.45) is 5.92 Å². The second kappa shape index (κ2) is 8.27. The van der Waals surface area contributed by atoms with Crippen LogP contribution in [0.1, 0.15) is 31.3 Å². The molecule has 0 saturated carbocycles. The van der Waals surface area contributed by atoms with Crippen molar-refractivity contribution < 1.29 is 4.39 Å². The fourth-order valence-electron chi connectivity index (χ4n) is 3.52. The van der Waals surface area contributed by atoms with Gasteiger partial charge in [-0.2, -0.15) is 0 Å². The van der Waals surface area contributed by atoms with E-state index in [1.165, 1.54) is 23.5 Å². The Morgan fingerprint density at radius 2 is 1.83 bits per heavy atom. The van der Waals surface area contributed by atoms with E-state index >= 15 is 0 Å². The highest BCUT2D eigenvalue weighted by Crippen LogP contribution is 2.30. The molecule has 0 aliphatic carbocycles. The van der Waals surface area contributed by atoms with Crippen LogP contribution in [-0.2, 0) is 6.54 Å². The summed E-state index contributed by atoms with van der Waals surface area (Å²) < 4.78 is 13.3. The molecule has 148 valence electrons. The summed E-state index contributed by atoms with van der Waals surface area (Å²) in [6.07, 6.45) is 0. The largest absolute Gasteiger partial charge is 0.309 e. The first-order chi connectivity index (χ1) is 14.0. The molecule has 0 spiro atoms. The number of nitrogens with one attached hydrogen (secondary N) is 2. The van der Waals surface area contributed by atoms with E-state index in [0.717, 1.165) is 21.5 Å². The van der Waals surface area contributed by atoms with Gasteiger partial charge in [-0.1, -0.05) is 56.3 Å². The number of H-pyrrole nitrogens is 1. The van der Waals surface area contributed by atoms with Crippen LogP contribution in [0.15, 0.2) is 64.8 Å². The first kappa shape index (κ1) is 19.5. The lowest BCUT2D eigenvalue weighted by atomic mass is 9.96. The summed E-state index contributed by atoms with van der Waals surface area (Å²) in [5.74, 6) is 0.638. The summed E-state index contributed by atoms with van der Waals surface area (Å²) in [5.41, 5.74) is 2.79. The molecular weight excluding hydrogens is 385 g/mol. The molecule has 6 heteroatoms. The maximum absolute atomic E-state index is 13.3. The van der Waals surface area contributed by atoms with Gasteiger partial charge in [0.25, 0.3) is 5.56 Å². The maximum Gasteiger partial charge on any atom is 0.260 e. The molecule has 0 saturated heterocycles. The van der Waals surface area contributed by atoms with Gasteiger partial charge in [-0.15, -0.1) is 11.3 Å². The Labute approximate surface area is 172 Å². The topological polar surface area (TPSA) is 57.8 Å². The first-order valence-electron chi connectivity index (χ1n) is 9.57. The van der Waals surface area contributed by atoms with Crippen molar-refractivity contribution in [3.8, 4) is 11.1 Å². The lowest BCUT2D eigenvalue weighted by Gasteiger charge is -2.22. The summed E-state index contributed by atoms with van der Waals surface area (Å²) in [6, 6.07) is 16.4. The lowest BCUT2D eigenvalue weighted by molar-refractivity contribution is 0.405. The Hall–Kier alpha value is -2.83. The number of thiophene rings is 1. The molecule has 1 atom stereocenters. The molecule has 0 aliphatic rings. The van der Waals surface area contributed by atoms with Gasteiger partial charge in [0.1, 0.15) is 16.5 Å². The van der Waals surface area contributed by atoms with Crippen LogP contribution < -0.4 is 10.9 Å². The Balaban J connectivity index is 1.60. The fourth-order valence-corrected chi connectivity index (χ4v) is 4.49. The minimum absolute atomic E-state index is 0.0276. The lowest BCUT2D eigenvalue weighted by Crippen LogP contribution is -2.27. The maximum atomic E-state index is 13.3. The minimum atomic E-state index is -0.250. The summed E-state index contributed by atoms with van der Waals surface area (Å²) in [7, 11) is 0. The number of aromatic amines is 1. The van der Waals surface area contributed by atoms with Gasteiger partial charge >= 0.3 is 0 Å². The number of benzene rings is 2. The molecule has 4 rings (SSSR count). The van der Waals surface area contributed by atoms with Gasteiger partial charge in [-0.25, -0.2) is 9.37 Å². The number of hydrogen-bond donors (Lipinski definition) is 2. The number of halogens is 1. The van der Waals surface area contributed by atoms with E-state index in [-0.39, 0.29) is 17.4 Å². The van der Waals surface area contributed by atoms with Crippen LogP contribution in [0.2, 0.25) is 0 Å². The van der Waals surface area contributed by atoms with Crippen LogP contribution in [-0.4, -0.2) is 9.97 Å². The summed E-state index contributed by atoms with van der Waals surface area (Å²) in [4.78, 5) is 21.1. The molecule has 0 bridgehead atoms. The van der Waals surface area contributed by atoms with E-state index < -0.39 is 0 Å². The Kier molecular flexibility index (Phi) is 5.56. The minimum Gasteiger partial charge on any atom is -0.309 e. The average Bonchev–Trinajstić information content (AvgIpc) is 3.14. The van der Waals surface area contributed by atoms with E-state index in [9.17, 15) is 9.18 Å². The molecule has 2 aromatic heterocycles. The Morgan fingerprint density at radius 3 is 2.52 bits per heavy atom. The van der Waals surface area contributed by atoms with E-state index in [2.05, 4.69) is 29.1 Å². The zero-order valence-corrected chi connectivity index (χ0v) is 17.1. The van der Waals surface area contributed by atoms with Gasteiger partial charge in [0.15, 0.2) is 0 Å². The van der Waals surface area contributed by atoms with Crippen molar-refractivity contribution in [2.75, 3.05) is 0 Å². The highest BCUT2D eigenvalue weighted by atomic mass is 32.1. The van der Waals surface area contributed by atoms with E-state index in [4.69, 9.17) is 0 Å². The second-order valence-electron chi connectivity index (χ2n) is 7.36. The predicted molar refractivity (Wildman–Crippen MR) is 116 cm³/mol. The number of nitrogens with zero attached hydrogens (tertiary/aromatic N) is 1. The highest BCUT2D eigenvalue weighted by molar-refractivity contribution is 7.17. The number of rotatable bonds is 6. The molecule has 0 radical (unpaired) electrons. The normalized spacial score (nSPS) is 12.6. The van der Waals surface area contributed by atoms with Gasteiger partial charge in [0.2, 0.25) is 0 Å². The summed E-state index contributed by atoms with van der Waals surface area (Å²) in [6.45, 7) is 4.63. The number of fused-ring (bicyclic) bond motifs is 1. The molecule has 4 nitrogen and oxygen atoms in total. The summed E-state index contributed by atoms with van der Waals surface area (Å²) in [5, 5.41) is 6.06. The SMILES string of the molecule is CC(C)[C@@H](NCc1nc2scc(-c3ccccc3)c2c(=O)[nH]1)c1ccc(F)cc1. The van der Waals surface area contributed by atoms with Crippen LogP contribution >= 0.6 is 11.3 Å². The van der Waals surface area contributed by atoms with Crippen molar-refractivity contribution in [3.05, 3.63) is 87.5 Å². The molecule has 2 heterocycles. The van der Waals surface area contributed by atoms with Crippen molar-refractivity contribution in [2.45, 2.75) is 26.4 Å². The standard InChI is InChI=1S/C23H22FN3OS/c1-14(2)21(16-8-10-17(24)11-9-16)25-12-19-26-22(28)20-18(13-29-23(20)27-19)15-6-4-3-5-7-15/h3-11,13-14,21,25H,12H2,1-2H3,(H,26,27,28)/t21-/m1/s1. The van der Waals surface area contributed by atoms with Crippen LogP contribution in [0.5, 0.6) is 0 Å². The summed E-state index contributed by atoms with van der Waals surface area (Å²) >= 11 is 1.48. The molecular formula is C23H22FN3OS. The average molecular weight is 408 g/mol. The molecule has 29 heavy (non-hydrogen) atoms. The smallest absolute Gasteiger partial charge is 0.260 e. The van der Waals surface area contributed by atoms with Gasteiger partial charge in [0.05, 0.1) is 11.9 Å². The zero-order chi connectivity index (χ0) is 20.4. The van der Waals surface area contributed by atoms with Crippen LogP contribution in [0, 0.1) is 11.7 Å². The third kappa shape index (κ3) is 4.13. The van der Waals surface area contributed by atoms with Gasteiger partial charge in [0, 0.05) is 17.0 Å². The van der Waals surface area contributed by atoms with Crippen molar-refractivity contribution in [1.29, 1.82) is 0 Å². The number of aromatic nitrogens is 2. The highest BCUT2D eigenvalue weighted by Gasteiger charge is 2.17. The molecule has 4 aromatic rings. The van der Waals surface area contributed by atoms with Crippen molar-refractivity contribution >= 4 is 21.6 Å². The zero-order valence-electron chi connectivity index (χ0n) is 16.3. The third-order valence-corrected chi connectivity index (χ3v) is 5.84. The van der Waals surface area contributed by atoms with Crippen LogP contribution in [0.3, 0.4) is 0 Å². The Morgan fingerprint density at radius 1 is 1.10 bits per heavy atom. The van der Waals surface area contributed by atoms with Gasteiger partial charge in [-0.05, 0) is 29.2 Å². The monoisotopic (exact) mass is 407 g/mol.